The largest absolute Gasteiger partial charge is 0.494 e. The minimum Gasteiger partial charge on any atom is -0.494 e. The molecule has 0 fully saturated rings. The molecule has 0 N–H and O–H groups in total. The molecule has 0 aliphatic carbocycles. The van der Waals surface area contributed by atoms with Crippen molar-refractivity contribution in [2.75, 3.05) is 12.8 Å². The topological polar surface area (TPSA) is 26.3 Å². The van der Waals surface area contributed by atoms with Crippen LogP contribution in [0.15, 0.2) is 24.3 Å². The molecule has 1 aromatic carbocycles. The minimum absolute atomic E-state index is 0.653. The van der Waals surface area contributed by atoms with Crippen LogP contribution in [0.1, 0.15) is 33.1 Å². The van der Waals surface area contributed by atoms with E-state index < -0.39 is 7.80 Å². The van der Waals surface area contributed by atoms with Crippen molar-refractivity contribution in [3.63, 3.8) is 0 Å². The highest BCUT2D eigenvalue weighted by Gasteiger charge is 2.04. The van der Waals surface area contributed by atoms with Crippen LogP contribution >= 0.6 is 7.80 Å². The fourth-order valence-corrected chi connectivity index (χ4v) is 3.05. The molecule has 0 radical (unpaired) electrons. The third-order valence-electron chi connectivity index (χ3n) is 2.47. The number of hydrogen-bond donors (Lipinski definition) is 0. The predicted octanol–water partition coefficient (Wildman–Crippen LogP) is 3.46. The zero-order chi connectivity index (χ0) is 11.8. The maximum atomic E-state index is 12.0. The van der Waals surface area contributed by atoms with Crippen molar-refractivity contribution >= 4 is 13.1 Å². The molecule has 0 aromatic heterocycles. The van der Waals surface area contributed by atoms with Crippen molar-refractivity contribution in [1.29, 1.82) is 0 Å². The first kappa shape index (κ1) is 13.3. The Balaban J connectivity index is 2.57. The van der Waals surface area contributed by atoms with E-state index in [1.807, 2.05) is 31.2 Å². The van der Waals surface area contributed by atoms with E-state index in [1.54, 1.807) is 0 Å². The molecule has 1 unspecified atom stereocenters. The van der Waals surface area contributed by atoms with E-state index in [1.165, 1.54) is 12.8 Å². The Bertz CT molecular complexity index is 336. The third kappa shape index (κ3) is 4.40. The van der Waals surface area contributed by atoms with Crippen LogP contribution in [0.2, 0.25) is 0 Å². The van der Waals surface area contributed by atoms with Crippen LogP contribution in [0.25, 0.3) is 0 Å². The molecule has 0 saturated heterocycles. The number of benzene rings is 1. The van der Waals surface area contributed by atoms with Crippen LogP contribution in [-0.2, 0) is 4.57 Å². The predicted molar refractivity (Wildman–Crippen MR) is 70.6 cm³/mol. The van der Waals surface area contributed by atoms with Crippen LogP contribution in [0.5, 0.6) is 5.75 Å². The molecule has 0 bridgehead atoms. The second kappa shape index (κ2) is 7.51. The van der Waals surface area contributed by atoms with E-state index in [0.717, 1.165) is 23.6 Å². The number of ether oxygens (including phenoxy) is 1. The second-order valence-corrected chi connectivity index (χ2v) is 5.76. The van der Waals surface area contributed by atoms with E-state index in [-0.39, 0.29) is 0 Å². The van der Waals surface area contributed by atoms with Gasteiger partial charge in [0.25, 0.3) is 0 Å². The van der Waals surface area contributed by atoms with Crippen molar-refractivity contribution in [2.24, 2.45) is 0 Å². The molecule has 2 nitrogen and oxygen atoms in total. The fraction of sp³-hybridized carbons (Fsp3) is 0.538. The van der Waals surface area contributed by atoms with Crippen LogP contribution in [0.3, 0.4) is 0 Å². The average Bonchev–Trinajstić information content (AvgIpc) is 2.30. The molecule has 0 spiro atoms. The second-order valence-electron chi connectivity index (χ2n) is 3.84. The molecule has 1 atom stereocenters. The minimum atomic E-state index is -1.61. The van der Waals surface area contributed by atoms with E-state index in [9.17, 15) is 4.57 Å². The normalized spacial score (nSPS) is 12.4. The molecular formula is C13H21O2P. The molecule has 0 heterocycles. The molecule has 1 aromatic rings. The summed E-state index contributed by atoms with van der Waals surface area (Å²) in [6.07, 6.45) is 4.23. The Morgan fingerprint density at radius 3 is 2.75 bits per heavy atom. The smallest absolute Gasteiger partial charge is 0.120 e. The Labute approximate surface area is 98.8 Å². The van der Waals surface area contributed by atoms with Gasteiger partial charge in [-0.2, -0.15) is 0 Å². The summed E-state index contributed by atoms with van der Waals surface area (Å²) in [7, 11) is -1.61. The lowest BCUT2D eigenvalue weighted by Gasteiger charge is -2.06. The monoisotopic (exact) mass is 240 g/mol. The van der Waals surface area contributed by atoms with Crippen molar-refractivity contribution in [3.8, 4) is 5.75 Å². The summed E-state index contributed by atoms with van der Waals surface area (Å²) < 4.78 is 17.4. The third-order valence-corrected chi connectivity index (χ3v) is 4.24. The van der Waals surface area contributed by atoms with Crippen molar-refractivity contribution in [1.82, 2.24) is 0 Å². The van der Waals surface area contributed by atoms with Crippen LogP contribution in [0.4, 0.5) is 0 Å². The first-order chi connectivity index (χ1) is 7.77. The molecule has 90 valence electrons. The zero-order valence-corrected chi connectivity index (χ0v) is 11.2. The summed E-state index contributed by atoms with van der Waals surface area (Å²) in [5.41, 5.74) is 0. The van der Waals surface area contributed by atoms with Gasteiger partial charge in [0.1, 0.15) is 13.6 Å². The Morgan fingerprint density at radius 2 is 2.06 bits per heavy atom. The summed E-state index contributed by atoms with van der Waals surface area (Å²) in [5.74, 6) is 0.828. The van der Waals surface area contributed by atoms with Gasteiger partial charge in [-0.05, 0) is 25.5 Å². The van der Waals surface area contributed by atoms with Crippen molar-refractivity contribution < 1.29 is 9.30 Å². The highest BCUT2D eigenvalue weighted by molar-refractivity contribution is 7.53. The molecule has 1 rings (SSSR count). The molecule has 0 amide bonds. The Morgan fingerprint density at radius 1 is 1.25 bits per heavy atom. The summed E-state index contributed by atoms with van der Waals surface area (Å²) in [6.45, 7) is 4.77. The van der Waals surface area contributed by atoms with Crippen LogP contribution in [0, 0.1) is 0 Å². The van der Waals surface area contributed by atoms with Crippen LogP contribution < -0.4 is 10.0 Å². The van der Waals surface area contributed by atoms with E-state index in [2.05, 4.69) is 6.92 Å². The first-order valence-corrected chi connectivity index (χ1v) is 7.65. The highest BCUT2D eigenvalue weighted by Crippen LogP contribution is 2.24. The molecule has 0 aliphatic rings. The van der Waals surface area contributed by atoms with E-state index in [4.69, 9.17) is 4.74 Å². The standard InChI is InChI=1S/C13H21O2P/c1-3-5-6-10-16(14)13-9-7-8-12(11-13)15-4-2/h7-9,11,16H,3-6,10H2,1-2H3. The highest BCUT2D eigenvalue weighted by atomic mass is 31.1. The molecule has 16 heavy (non-hydrogen) atoms. The van der Waals surface area contributed by atoms with Gasteiger partial charge in [-0.3, -0.25) is 0 Å². The SMILES string of the molecule is CCCCC[PH](=O)c1cccc(OCC)c1. The van der Waals surface area contributed by atoms with Crippen molar-refractivity contribution in [3.05, 3.63) is 24.3 Å². The number of hydrogen-bond acceptors (Lipinski definition) is 2. The van der Waals surface area contributed by atoms with Gasteiger partial charge in [0, 0.05) is 11.5 Å². The molecule has 3 heteroatoms. The lowest BCUT2D eigenvalue weighted by molar-refractivity contribution is 0.340. The van der Waals surface area contributed by atoms with Gasteiger partial charge in [-0.25, -0.2) is 0 Å². The van der Waals surface area contributed by atoms with Crippen LogP contribution in [-0.4, -0.2) is 12.8 Å². The van der Waals surface area contributed by atoms with E-state index >= 15 is 0 Å². The maximum Gasteiger partial charge on any atom is 0.120 e. The summed E-state index contributed by atoms with van der Waals surface area (Å²) in [4.78, 5) is 0. The molecular weight excluding hydrogens is 219 g/mol. The van der Waals surface area contributed by atoms with Gasteiger partial charge in [-0.15, -0.1) is 0 Å². The quantitative estimate of drug-likeness (QED) is 0.539. The lowest BCUT2D eigenvalue weighted by atomic mass is 10.3. The molecule has 0 aliphatic heterocycles. The fourth-order valence-electron chi connectivity index (χ4n) is 1.61. The van der Waals surface area contributed by atoms with Gasteiger partial charge >= 0.3 is 0 Å². The van der Waals surface area contributed by atoms with E-state index in [0.29, 0.717) is 6.61 Å². The van der Waals surface area contributed by atoms with Gasteiger partial charge in [-0.1, -0.05) is 31.9 Å². The van der Waals surface area contributed by atoms with Gasteiger partial charge in [0.15, 0.2) is 0 Å². The molecule has 0 saturated carbocycles. The zero-order valence-electron chi connectivity index (χ0n) is 10.2. The van der Waals surface area contributed by atoms with Gasteiger partial charge in [0.05, 0.1) is 6.61 Å². The van der Waals surface area contributed by atoms with Gasteiger partial charge < -0.3 is 9.30 Å². The number of rotatable bonds is 7. The summed E-state index contributed by atoms with van der Waals surface area (Å²) >= 11 is 0. The number of unbranched alkanes of at least 4 members (excludes halogenated alkanes) is 2. The lowest BCUT2D eigenvalue weighted by Crippen LogP contribution is -2.00. The summed E-state index contributed by atoms with van der Waals surface area (Å²) in [5, 5.41) is 0.951. The summed E-state index contributed by atoms with van der Waals surface area (Å²) in [6, 6.07) is 7.68. The maximum absolute atomic E-state index is 12.0. The first-order valence-electron chi connectivity index (χ1n) is 6.04. The average molecular weight is 240 g/mol. The van der Waals surface area contributed by atoms with Gasteiger partial charge in [0.2, 0.25) is 0 Å². The Hall–Kier alpha value is -0.750. The van der Waals surface area contributed by atoms with Crippen molar-refractivity contribution in [2.45, 2.75) is 33.1 Å². The Kier molecular flexibility index (Phi) is 6.25.